The van der Waals surface area contributed by atoms with Gasteiger partial charge in [0.2, 0.25) is 0 Å². The summed E-state index contributed by atoms with van der Waals surface area (Å²) in [6, 6.07) is 7.65. The van der Waals surface area contributed by atoms with Crippen molar-refractivity contribution in [2.75, 3.05) is 0 Å². The van der Waals surface area contributed by atoms with Crippen LogP contribution >= 0.6 is 0 Å². The number of nitrogens with two attached hydrogens (primary N) is 1. The molecule has 0 bridgehead atoms. The number of hydrogen-bond donors (Lipinski definition) is 1. The molecule has 1 fully saturated rings. The van der Waals surface area contributed by atoms with E-state index in [1.54, 1.807) is 12.5 Å². The van der Waals surface area contributed by atoms with Gasteiger partial charge in [0.15, 0.2) is 23.6 Å². The molecule has 0 aromatic carbocycles. The average molecular weight is 246 g/mol. The van der Waals surface area contributed by atoms with Crippen LogP contribution < -0.4 is 5.32 Å². The molecule has 0 saturated carbocycles. The van der Waals surface area contributed by atoms with Crippen molar-refractivity contribution in [2.24, 2.45) is 5.92 Å². The van der Waals surface area contributed by atoms with Crippen LogP contribution in [0.5, 0.6) is 0 Å². The zero-order chi connectivity index (χ0) is 12.5. The zero-order valence-corrected chi connectivity index (χ0v) is 10.2. The monoisotopic (exact) mass is 246 g/mol. The highest BCUT2D eigenvalue weighted by Gasteiger charge is 2.40. The Labute approximate surface area is 105 Å². The molecule has 0 amide bonds. The van der Waals surface area contributed by atoms with Gasteiger partial charge in [-0.05, 0) is 31.2 Å². The van der Waals surface area contributed by atoms with E-state index < -0.39 is 0 Å². The first-order valence-electron chi connectivity index (χ1n) is 6.20. The molecule has 18 heavy (non-hydrogen) atoms. The lowest BCUT2D eigenvalue weighted by Crippen LogP contribution is -2.89. The fourth-order valence-corrected chi connectivity index (χ4v) is 2.61. The maximum absolute atomic E-state index is 12.1. The van der Waals surface area contributed by atoms with Gasteiger partial charge in [-0.25, -0.2) is 0 Å². The van der Waals surface area contributed by atoms with E-state index in [-0.39, 0.29) is 23.8 Å². The molecule has 1 aliphatic rings. The number of ketones is 1. The summed E-state index contributed by atoms with van der Waals surface area (Å²) in [5.41, 5.74) is 0. The second kappa shape index (κ2) is 4.46. The fraction of sp³-hybridized carbons (Fsp3) is 0.357. The molecule has 0 aliphatic carbocycles. The van der Waals surface area contributed by atoms with E-state index in [1.165, 1.54) is 0 Å². The normalized spacial score (nSPS) is 28.5. The average Bonchev–Trinajstić information content (AvgIpc) is 3.03. The highest BCUT2D eigenvalue weighted by molar-refractivity contribution is 5.82. The molecule has 3 rings (SSSR count). The van der Waals surface area contributed by atoms with E-state index in [2.05, 4.69) is 5.32 Å². The van der Waals surface area contributed by atoms with Gasteiger partial charge in [0, 0.05) is 0 Å². The fourth-order valence-electron chi connectivity index (χ4n) is 2.61. The Hall–Kier alpha value is -1.81. The van der Waals surface area contributed by atoms with Crippen LogP contribution in [-0.4, -0.2) is 5.78 Å². The molecule has 4 nitrogen and oxygen atoms in total. The van der Waals surface area contributed by atoms with Crippen molar-refractivity contribution < 1.29 is 18.9 Å². The summed E-state index contributed by atoms with van der Waals surface area (Å²) in [5.74, 6) is 1.95. The summed E-state index contributed by atoms with van der Waals surface area (Å²) >= 11 is 0. The summed E-state index contributed by atoms with van der Waals surface area (Å²) < 4.78 is 10.9. The molecule has 0 radical (unpaired) electrons. The van der Waals surface area contributed by atoms with Crippen molar-refractivity contribution in [3.63, 3.8) is 0 Å². The number of rotatable bonds is 2. The minimum Gasteiger partial charge on any atom is -0.463 e. The van der Waals surface area contributed by atoms with Crippen LogP contribution in [0.2, 0.25) is 0 Å². The first-order chi connectivity index (χ1) is 8.75. The Kier molecular flexibility index (Phi) is 2.80. The molecule has 3 heterocycles. The van der Waals surface area contributed by atoms with E-state index in [9.17, 15) is 4.79 Å². The SMILES string of the molecule is C[C@H]1C(=O)C[C@@H](c2ccco2)[NH2+][C@H]1c1ccco1. The number of hydrogen-bond acceptors (Lipinski definition) is 3. The van der Waals surface area contributed by atoms with E-state index in [4.69, 9.17) is 8.83 Å². The third kappa shape index (κ3) is 1.88. The molecule has 0 unspecified atom stereocenters. The number of Topliss-reactive ketones (excluding diaryl/α,β-unsaturated/α-hetero) is 1. The zero-order valence-electron chi connectivity index (χ0n) is 10.2. The number of piperidine rings is 1. The summed E-state index contributed by atoms with van der Waals surface area (Å²) in [7, 11) is 0. The van der Waals surface area contributed by atoms with E-state index in [0.29, 0.717) is 6.42 Å². The standard InChI is InChI=1S/C14H15NO3/c1-9-11(16)8-10(12-4-2-6-17-12)15-14(9)13-5-3-7-18-13/h2-7,9-10,14-15H,8H2,1H3/p+1/t9-,10-,14+/m0/s1. The van der Waals surface area contributed by atoms with Crippen LogP contribution in [0.15, 0.2) is 45.6 Å². The van der Waals surface area contributed by atoms with Crippen LogP contribution in [0.1, 0.15) is 36.9 Å². The maximum atomic E-state index is 12.1. The van der Waals surface area contributed by atoms with Crippen LogP contribution in [0.4, 0.5) is 0 Å². The number of carbonyl (C=O) groups excluding carboxylic acids is 1. The maximum Gasteiger partial charge on any atom is 0.161 e. The lowest BCUT2D eigenvalue weighted by molar-refractivity contribution is -0.746. The molecule has 94 valence electrons. The van der Waals surface area contributed by atoms with Crippen LogP contribution in [0.25, 0.3) is 0 Å². The lowest BCUT2D eigenvalue weighted by atomic mass is 9.85. The number of furan rings is 2. The van der Waals surface area contributed by atoms with Gasteiger partial charge in [-0.1, -0.05) is 0 Å². The highest BCUT2D eigenvalue weighted by Crippen LogP contribution is 2.28. The quantitative estimate of drug-likeness (QED) is 0.879. The molecule has 2 N–H and O–H groups in total. The predicted molar refractivity (Wildman–Crippen MR) is 63.6 cm³/mol. The second-order valence-corrected chi connectivity index (χ2v) is 4.81. The largest absolute Gasteiger partial charge is 0.463 e. The predicted octanol–water partition coefficient (Wildman–Crippen LogP) is 1.83. The second-order valence-electron chi connectivity index (χ2n) is 4.81. The van der Waals surface area contributed by atoms with Crippen molar-refractivity contribution in [2.45, 2.75) is 25.4 Å². The number of carbonyl (C=O) groups is 1. The third-order valence-corrected chi connectivity index (χ3v) is 3.69. The topological polar surface area (TPSA) is 60.0 Å². The lowest BCUT2D eigenvalue weighted by Gasteiger charge is -2.29. The molecule has 1 aliphatic heterocycles. The van der Waals surface area contributed by atoms with Crippen LogP contribution in [0, 0.1) is 5.92 Å². The summed E-state index contributed by atoms with van der Waals surface area (Å²) in [4.78, 5) is 12.1. The Bertz CT molecular complexity index is 515. The van der Waals surface area contributed by atoms with Gasteiger partial charge >= 0.3 is 0 Å². The molecular formula is C14H16NO3+. The van der Waals surface area contributed by atoms with Gasteiger partial charge in [-0.2, -0.15) is 0 Å². The van der Waals surface area contributed by atoms with Gasteiger partial charge in [0.05, 0.1) is 24.9 Å². The van der Waals surface area contributed by atoms with Crippen molar-refractivity contribution in [3.8, 4) is 0 Å². The van der Waals surface area contributed by atoms with Crippen LogP contribution in [-0.2, 0) is 4.79 Å². The Morgan fingerprint density at radius 1 is 1.17 bits per heavy atom. The third-order valence-electron chi connectivity index (χ3n) is 3.69. The van der Waals surface area contributed by atoms with Crippen LogP contribution in [0.3, 0.4) is 0 Å². The molecule has 0 spiro atoms. The van der Waals surface area contributed by atoms with Crippen molar-refractivity contribution in [1.82, 2.24) is 0 Å². The van der Waals surface area contributed by atoms with Crippen molar-refractivity contribution in [3.05, 3.63) is 48.3 Å². The smallest absolute Gasteiger partial charge is 0.161 e. The number of quaternary nitrogens is 1. The van der Waals surface area contributed by atoms with Gasteiger partial charge in [-0.3, -0.25) is 4.79 Å². The molecule has 4 heteroatoms. The molecular weight excluding hydrogens is 230 g/mol. The molecule has 2 aromatic rings. The Balaban J connectivity index is 1.88. The minimum absolute atomic E-state index is 0.0256. The van der Waals surface area contributed by atoms with E-state index in [1.807, 2.05) is 31.2 Å². The summed E-state index contributed by atoms with van der Waals surface area (Å²) in [6.07, 6.45) is 3.82. The highest BCUT2D eigenvalue weighted by atomic mass is 16.3. The van der Waals surface area contributed by atoms with Crippen molar-refractivity contribution >= 4 is 5.78 Å². The Morgan fingerprint density at radius 3 is 2.44 bits per heavy atom. The Morgan fingerprint density at radius 2 is 1.83 bits per heavy atom. The molecule has 2 aromatic heterocycles. The minimum atomic E-state index is -0.0256. The van der Waals surface area contributed by atoms with Gasteiger partial charge in [0.25, 0.3) is 0 Å². The van der Waals surface area contributed by atoms with E-state index >= 15 is 0 Å². The molecule has 1 saturated heterocycles. The summed E-state index contributed by atoms with van der Waals surface area (Å²) in [5, 5.41) is 2.17. The van der Waals surface area contributed by atoms with Gasteiger partial charge < -0.3 is 14.2 Å². The molecule has 3 atom stereocenters. The van der Waals surface area contributed by atoms with E-state index in [0.717, 1.165) is 11.5 Å². The van der Waals surface area contributed by atoms with Crippen molar-refractivity contribution in [1.29, 1.82) is 0 Å². The first kappa shape index (κ1) is 11.3. The van der Waals surface area contributed by atoms with Gasteiger partial charge in [0.1, 0.15) is 5.78 Å². The van der Waals surface area contributed by atoms with Gasteiger partial charge in [-0.15, -0.1) is 0 Å². The summed E-state index contributed by atoms with van der Waals surface area (Å²) in [6.45, 7) is 1.96. The first-order valence-corrected chi connectivity index (χ1v) is 6.20.